The summed E-state index contributed by atoms with van der Waals surface area (Å²) >= 11 is 0. The minimum Gasteiger partial charge on any atom is -0.488 e. The summed E-state index contributed by atoms with van der Waals surface area (Å²) in [5, 5.41) is 9.54. The van der Waals surface area contributed by atoms with E-state index in [4.69, 9.17) is 9.47 Å². The SMILES string of the molecule is CC(C)(C)OC(=O)N1CC(Oc2ccccc2-c2ccccc2)CC1C(=O)O. The third-order valence-electron chi connectivity index (χ3n) is 4.44. The number of aliphatic carboxylic acids is 1. The van der Waals surface area contributed by atoms with Gasteiger partial charge in [0.25, 0.3) is 0 Å². The van der Waals surface area contributed by atoms with Gasteiger partial charge in [-0.15, -0.1) is 0 Å². The third kappa shape index (κ3) is 4.63. The van der Waals surface area contributed by atoms with E-state index >= 15 is 0 Å². The van der Waals surface area contributed by atoms with Crippen molar-refractivity contribution in [3.63, 3.8) is 0 Å². The number of carbonyl (C=O) groups excluding carboxylic acids is 1. The van der Waals surface area contributed by atoms with Gasteiger partial charge in [-0.2, -0.15) is 0 Å². The molecule has 0 radical (unpaired) electrons. The van der Waals surface area contributed by atoms with Gasteiger partial charge in [-0.3, -0.25) is 4.90 Å². The van der Waals surface area contributed by atoms with Crippen LogP contribution in [0, 0.1) is 0 Å². The van der Waals surface area contributed by atoms with E-state index < -0.39 is 29.8 Å². The third-order valence-corrected chi connectivity index (χ3v) is 4.44. The van der Waals surface area contributed by atoms with Gasteiger partial charge >= 0.3 is 12.1 Å². The Hall–Kier alpha value is -3.02. The summed E-state index contributed by atoms with van der Waals surface area (Å²) in [6, 6.07) is 16.5. The van der Waals surface area contributed by atoms with Gasteiger partial charge in [-0.25, -0.2) is 9.59 Å². The molecule has 2 aromatic rings. The number of amides is 1. The molecule has 0 bridgehead atoms. The first-order valence-electron chi connectivity index (χ1n) is 9.28. The molecule has 1 aliphatic heterocycles. The highest BCUT2D eigenvalue weighted by Crippen LogP contribution is 2.32. The Morgan fingerprint density at radius 2 is 1.68 bits per heavy atom. The van der Waals surface area contributed by atoms with Crippen LogP contribution in [0.2, 0.25) is 0 Å². The van der Waals surface area contributed by atoms with E-state index in [2.05, 4.69) is 0 Å². The van der Waals surface area contributed by atoms with Crippen molar-refractivity contribution >= 4 is 12.1 Å². The molecule has 28 heavy (non-hydrogen) atoms. The van der Waals surface area contributed by atoms with Crippen molar-refractivity contribution in [3.05, 3.63) is 54.6 Å². The highest BCUT2D eigenvalue weighted by molar-refractivity contribution is 5.81. The number of nitrogens with zero attached hydrogens (tertiary/aromatic N) is 1. The largest absolute Gasteiger partial charge is 0.488 e. The van der Waals surface area contributed by atoms with Crippen molar-refractivity contribution < 1.29 is 24.2 Å². The number of carboxylic acids is 1. The molecule has 1 aliphatic rings. The zero-order valence-corrected chi connectivity index (χ0v) is 16.3. The molecule has 0 aromatic heterocycles. The summed E-state index contributed by atoms with van der Waals surface area (Å²) in [5.74, 6) is -0.401. The van der Waals surface area contributed by atoms with Crippen molar-refractivity contribution in [2.45, 2.75) is 44.9 Å². The van der Waals surface area contributed by atoms with Crippen molar-refractivity contribution in [2.75, 3.05) is 6.54 Å². The first kappa shape index (κ1) is 19.7. The average molecular weight is 383 g/mol. The van der Waals surface area contributed by atoms with Crippen LogP contribution in [-0.4, -0.2) is 46.4 Å². The van der Waals surface area contributed by atoms with Crippen molar-refractivity contribution in [1.29, 1.82) is 0 Å². The maximum Gasteiger partial charge on any atom is 0.411 e. The second-order valence-electron chi connectivity index (χ2n) is 7.82. The van der Waals surface area contributed by atoms with E-state index in [0.717, 1.165) is 11.1 Å². The van der Waals surface area contributed by atoms with Crippen LogP contribution < -0.4 is 4.74 Å². The Kier molecular flexibility index (Phi) is 5.58. The Morgan fingerprint density at radius 1 is 1.04 bits per heavy atom. The van der Waals surface area contributed by atoms with Gasteiger partial charge in [0.05, 0.1) is 6.54 Å². The fourth-order valence-electron chi connectivity index (χ4n) is 3.24. The molecule has 1 fully saturated rings. The molecule has 0 aliphatic carbocycles. The molecule has 1 heterocycles. The first-order valence-corrected chi connectivity index (χ1v) is 9.28. The number of ether oxygens (including phenoxy) is 2. The van der Waals surface area contributed by atoms with Crippen molar-refractivity contribution in [3.8, 4) is 16.9 Å². The van der Waals surface area contributed by atoms with Gasteiger partial charge in [0.1, 0.15) is 23.5 Å². The summed E-state index contributed by atoms with van der Waals surface area (Å²) in [6.45, 7) is 5.41. The smallest absolute Gasteiger partial charge is 0.411 e. The monoisotopic (exact) mass is 383 g/mol. The fraction of sp³-hybridized carbons (Fsp3) is 0.364. The molecule has 2 unspecified atom stereocenters. The number of para-hydroxylation sites is 1. The summed E-state index contributed by atoms with van der Waals surface area (Å²) in [6.07, 6.45) is -0.863. The number of carbonyl (C=O) groups is 2. The molecule has 2 aromatic carbocycles. The number of hydrogen-bond acceptors (Lipinski definition) is 4. The van der Waals surface area contributed by atoms with E-state index in [9.17, 15) is 14.7 Å². The normalized spacial score (nSPS) is 19.3. The van der Waals surface area contributed by atoms with Gasteiger partial charge in [0.2, 0.25) is 0 Å². The zero-order chi connectivity index (χ0) is 20.3. The summed E-state index contributed by atoms with van der Waals surface area (Å²) in [7, 11) is 0. The molecule has 0 saturated carbocycles. The highest BCUT2D eigenvalue weighted by atomic mass is 16.6. The Morgan fingerprint density at radius 3 is 2.32 bits per heavy atom. The molecule has 148 valence electrons. The Bertz CT molecular complexity index is 844. The Balaban J connectivity index is 1.79. The predicted octanol–water partition coefficient (Wildman–Crippen LogP) is 4.20. The molecule has 0 spiro atoms. The van der Waals surface area contributed by atoms with Crippen molar-refractivity contribution in [2.24, 2.45) is 0 Å². The van der Waals surface area contributed by atoms with Gasteiger partial charge < -0.3 is 14.6 Å². The van der Waals surface area contributed by atoms with Gasteiger partial charge in [0, 0.05) is 12.0 Å². The lowest BCUT2D eigenvalue weighted by atomic mass is 10.0. The highest BCUT2D eigenvalue weighted by Gasteiger charge is 2.42. The summed E-state index contributed by atoms with van der Waals surface area (Å²) in [5.41, 5.74) is 1.24. The number of likely N-dealkylation sites (tertiary alicyclic amines) is 1. The molecule has 2 atom stereocenters. The minimum atomic E-state index is -1.06. The van der Waals surface area contributed by atoms with E-state index in [1.165, 1.54) is 4.90 Å². The van der Waals surface area contributed by atoms with E-state index in [-0.39, 0.29) is 13.0 Å². The second kappa shape index (κ2) is 7.92. The lowest BCUT2D eigenvalue weighted by molar-refractivity contribution is -0.142. The number of hydrogen-bond donors (Lipinski definition) is 1. The average Bonchev–Trinajstić information content (AvgIpc) is 3.06. The molecule has 6 nitrogen and oxygen atoms in total. The van der Waals surface area contributed by atoms with E-state index in [0.29, 0.717) is 5.75 Å². The zero-order valence-electron chi connectivity index (χ0n) is 16.3. The summed E-state index contributed by atoms with van der Waals surface area (Å²) in [4.78, 5) is 25.3. The second-order valence-corrected chi connectivity index (χ2v) is 7.82. The lowest BCUT2D eigenvalue weighted by Crippen LogP contribution is -2.43. The van der Waals surface area contributed by atoms with Crippen LogP contribution in [-0.2, 0) is 9.53 Å². The van der Waals surface area contributed by atoms with Crippen LogP contribution in [0.15, 0.2) is 54.6 Å². The topological polar surface area (TPSA) is 76.1 Å². The number of carboxylic acid groups (broad SMARTS) is 1. The van der Waals surface area contributed by atoms with Gasteiger partial charge in [0.15, 0.2) is 0 Å². The van der Waals surface area contributed by atoms with Crippen LogP contribution in [0.5, 0.6) is 5.75 Å². The fourth-order valence-corrected chi connectivity index (χ4v) is 3.24. The molecular weight excluding hydrogens is 358 g/mol. The molecule has 1 amide bonds. The standard InChI is InChI=1S/C22H25NO5/c1-22(2,3)28-21(26)23-14-16(13-18(23)20(24)25)27-19-12-8-7-11-17(19)15-9-5-4-6-10-15/h4-12,16,18H,13-14H2,1-3H3,(H,24,25). The minimum absolute atomic E-state index is 0.162. The van der Waals surface area contributed by atoms with Gasteiger partial charge in [-0.05, 0) is 32.4 Å². The Labute approximate surface area is 164 Å². The lowest BCUT2D eigenvalue weighted by Gasteiger charge is -2.26. The van der Waals surface area contributed by atoms with Crippen LogP contribution in [0.1, 0.15) is 27.2 Å². The number of benzene rings is 2. The quantitative estimate of drug-likeness (QED) is 0.856. The van der Waals surface area contributed by atoms with E-state index in [1.807, 2.05) is 54.6 Å². The van der Waals surface area contributed by atoms with Crippen LogP contribution in [0.25, 0.3) is 11.1 Å². The molecule has 1 N–H and O–H groups in total. The van der Waals surface area contributed by atoms with Crippen LogP contribution in [0.3, 0.4) is 0 Å². The summed E-state index contributed by atoms with van der Waals surface area (Å²) < 4.78 is 11.5. The van der Waals surface area contributed by atoms with Crippen molar-refractivity contribution in [1.82, 2.24) is 4.90 Å². The van der Waals surface area contributed by atoms with Gasteiger partial charge in [-0.1, -0.05) is 48.5 Å². The van der Waals surface area contributed by atoms with Crippen LogP contribution >= 0.6 is 0 Å². The molecule has 3 rings (SSSR count). The molecule has 1 saturated heterocycles. The maximum absolute atomic E-state index is 12.4. The molecule has 6 heteroatoms. The van der Waals surface area contributed by atoms with Crippen LogP contribution in [0.4, 0.5) is 4.79 Å². The molecular formula is C22H25NO5. The van der Waals surface area contributed by atoms with E-state index in [1.54, 1.807) is 20.8 Å². The number of rotatable bonds is 4. The maximum atomic E-state index is 12.4. The first-order chi connectivity index (χ1) is 13.2. The predicted molar refractivity (Wildman–Crippen MR) is 105 cm³/mol.